The van der Waals surface area contributed by atoms with Gasteiger partial charge in [-0.05, 0) is 24.8 Å². The molecule has 25 heavy (non-hydrogen) atoms. The monoisotopic (exact) mass is 343 g/mol. The molecule has 0 fully saturated rings. The summed E-state index contributed by atoms with van der Waals surface area (Å²) in [6.45, 7) is 5.60. The topological polar surface area (TPSA) is 12.5 Å². The highest BCUT2D eigenvalue weighted by atomic mass is 16.5. The first kappa shape index (κ1) is 18.8. The normalized spacial score (nSPS) is 18.6. The number of hydrogen-bond donors (Lipinski definition) is 0. The Bertz CT molecular complexity index is 513. The molecule has 2 nitrogen and oxygen atoms in total. The molecule has 0 saturated heterocycles. The highest BCUT2D eigenvalue weighted by Gasteiger charge is 2.30. The zero-order valence-corrected chi connectivity index (χ0v) is 16.3. The molecule has 1 unspecified atom stereocenters. The number of nitrogens with zero attached hydrogens (tertiary/aromatic N) is 1. The Morgan fingerprint density at radius 2 is 1.64 bits per heavy atom. The molecule has 3 rings (SSSR count). The molecule has 1 aromatic rings. The van der Waals surface area contributed by atoms with Crippen LogP contribution in [0.2, 0.25) is 0 Å². The first-order valence-corrected chi connectivity index (χ1v) is 10.9. The van der Waals surface area contributed by atoms with Crippen LogP contribution in [0.1, 0.15) is 94.8 Å². The van der Waals surface area contributed by atoms with E-state index in [1.54, 1.807) is 0 Å². The van der Waals surface area contributed by atoms with Crippen molar-refractivity contribution in [1.82, 2.24) is 0 Å². The van der Waals surface area contributed by atoms with E-state index in [0.717, 1.165) is 13.0 Å². The summed E-state index contributed by atoms with van der Waals surface area (Å²) in [5, 5.41) is 0. The van der Waals surface area contributed by atoms with E-state index in [2.05, 4.69) is 30.0 Å². The van der Waals surface area contributed by atoms with Gasteiger partial charge in [0, 0.05) is 30.9 Å². The number of para-hydroxylation sites is 1. The smallest absolute Gasteiger partial charge is 0.0861 e. The third-order valence-corrected chi connectivity index (χ3v) is 5.94. The molecule has 2 aliphatic heterocycles. The minimum absolute atomic E-state index is 0.336. The molecule has 0 aliphatic carbocycles. The average molecular weight is 344 g/mol. The molecule has 0 N–H and O–H groups in total. The van der Waals surface area contributed by atoms with E-state index in [1.807, 2.05) is 0 Å². The van der Waals surface area contributed by atoms with Gasteiger partial charge in [-0.1, -0.05) is 82.9 Å². The van der Waals surface area contributed by atoms with E-state index in [-0.39, 0.29) is 0 Å². The fourth-order valence-corrected chi connectivity index (χ4v) is 4.47. The van der Waals surface area contributed by atoms with Gasteiger partial charge < -0.3 is 9.64 Å². The van der Waals surface area contributed by atoms with Gasteiger partial charge in [0.05, 0.1) is 6.10 Å². The van der Waals surface area contributed by atoms with Gasteiger partial charge >= 0.3 is 0 Å². The molecular weight excluding hydrogens is 306 g/mol. The van der Waals surface area contributed by atoms with Crippen LogP contribution in [0.15, 0.2) is 18.2 Å². The summed E-state index contributed by atoms with van der Waals surface area (Å²) in [5.74, 6) is 0. The summed E-state index contributed by atoms with van der Waals surface area (Å²) in [4.78, 5) is 2.56. The van der Waals surface area contributed by atoms with Gasteiger partial charge in [0.25, 0.3) is 0 Å². The summed E-state index contributed by atoms with van der Waals surface area (Å²) in [6, 6.07) is 6.81. The van der Waals surface area contributed by atoms with Crippen LogP contribution in [0.4, 0.5) is 5.69 Å². The Balaban J connectivity index is 1.27. The van der Waals surface area contributed by atoms with Crippen molar-refractivity contribution in [3.05, 3.63) is 29.3 Å². The maximum Gasteiger partial charge on any atom is 0.0861 e. The zero-order valence-electron chi connectivity index (χ0n) is 16.3. The van der Waals surface area contributed by atoms with Gasteiger partial charge in [-0.15, -0.1) is 0 Å². The fraction of sp³-hybridized carbons (Fsp3) is 0.739. The maximum atomic E-state index is 6.29. The van der Waals surface area contributed by atoms with Crippen molar-refractivity contribution >= 4 is 5.69 Å². The molecule has 2 heteroatoms. The average Bonchev–Trinajstić information content (AvgIpc) is 3.06. The lowest BCUT2D eigenvalue weighted by Gasteiger charge is -2.32. The molecule has 1 atom stereocenters. The molecule has 0 amide bonds. The summed E-state index contributed by atoms with van der Waals surface area (Å²) in [6.07, 6.45) is 16.6. The van der Waals surface area contributed by atoms with Crippen molar-refractivity contribution in [3.63, 3.8) is 0 Å². The Labute approximate surface area is 154 Å². The minimum atomic E-state index is 0.336. The molecular formula is C23H37NO. The second kappa shape index (κ2) is 10.2. The van der Waals surface area contributed by atoms with Crippen molar-refractivity contribution in [3.8, 4) is 0 Å². The molecule has 1 aromatic carbocycles. The molecule has 0 aromatic heterocycles. The lowest BCUT2D eigenvalue weighted by molar-refractivity contribution is 0.0428. The second-order valence-corrected chi connectivity index (χ2v) is 7.92. The van der Waals surface area contributed by atoms with E-state index in [9.17, 15) is 0 Å². The lowest BCUT2D eigenvalue weighted by Crippen LogP contribution is -2.29. The second-order valence-electron chi connectivity index (χ2n) is 7.92. The van der Waals surface area contributed by atoms with Crippen LogP contribution in [-0.4, -0.2) is 19.7 Å². The third-order valence-electron chi connectivity index (χ3n) is 5.94. The predicted molar refractivity (Wildman–Crippen MR) is 108 cm³/mol. The summed E-state index contributed by atoms with van der Waals surface area (Å²) in [7, 11) is 0. The zero-order chi connectivity index (χ0) is 17.3. The first-order valence-electron chi connectivity index (χ1n) is 10.9. The van der Waals surface area contributed by atoms with Gasteiger partial charge in [-0.25, -0.2) is 0 Å². The van der Waals surface area contributed by atoms with Crippen LogP contribution in [0.25, 0.3) is 0 Å². The van der Waals surface area contributed by atoms with Gasteiger partial charge in [-0.3, -0.25) is 0 Å². The molecule has 0 radical (unpaired) electrons. The summed E-state index contributed by atoms with van der Waals surface area (Å²) >= 11 is 0. The minimum Gasteiger partial charge on any atom is -0.373 e. The number of ether oxygens (including phenoxy) is 1. The number of hydrogen-bond acceptors (Lipinski definition) is 2. The van der Waals surface area contributed by atoms with Crippen LogP contribution in [0.5, 0.6) is 0 Å². The lowest BCUT2D eigenvalue weighted by atomic mass is 9.97. The van der Waals surface area contributed by atoms with Crippen molar-refractivity contribution in [1.29, 1.82) is 0 Å². The molecule has 0 saturated carbocycles. The van der Waals surface area contributed by atoms with Crippen LogP contribution in [0.3, 0.4) is 0 Å². The van der Waals surface area contributed by atoms with Crippen LogP contribution < -0.4 is 4.90 Å². The molecule has 140 valence electrons. The van der Waals surface area contributed by atoms with Crippen LogP contribution >= 0.6 is 0 Å². The van der Waals surface area contributed by atoms with Crippen LogP contribution in [0, 0.1) is 0 Å². The van der Waals surface area contributed by atoms with Crippen molar-refractivity contribution in [2.75, 3.05) is 24.6 Å². The maximum absolute atomic E-state index is 6.29. The SMILES string of the molecule is CCCCCCCCCCCCOC1CCN2CCc3cccc1c32. The Kier molecular flexibility index (Phi) is 7.66. The number of benzene rings is 1. The molecule has 0 bridgehead atoms. The van der Waals surface area contributed by atoms with E-state index in [1.165, 1.54) is 101 Å². The first-order chi connectivity index (χ1) is 12.4. The predicted octanol–water partition coefficient (Wildman–Crippen LogP) is 6.43. The van der Waals surface area contributed by atoms with Gasteiger partial charge in [0.15, 0.2) is 0 Å². The summed E-state index contributed by atoms with van der Waals surface area (Å²) < 4.78 is 6.29. The van der Waals surface area contributed by atoms with E-state index in [0.29, 0.717) is 6.10 Å². The van der Waals surface area contributed by atoms with Crippen molar-refractivity contribution in [2.24, 2.45) is 0 Å². The Morgan fingerprint density at radius 3 is 2.40 bits per heavy atom. The molecule has 2 aliphatic rings. The number of rotatable bonds is 12. The van der Waals surface area contributed by atoms with Gasteiger partial charge in [0.2, 0.25) is 0 Å². The van der Waals surface area contributed by atoms with Crippen molar-refractivity contribution in [2.45, 2.75) is 90.1 Å². The third kappa shape index (κ3) is 5.23. The van der Waals surface area contributed by atoms with Gasteiger partial charge in [0.1, 0.15) is 0 Å². The number of anilines is 1. The molecule has 2 heterocycles. The highest BCUT2D eigenvalue weighted by molar-refractivity contribution is 5.65. The van der Waals surface area contributed by atoms with Crippen LogP contribution in [-0.2, 0) is 11.2 Å². The highest BCUT2D eigenvalue weighted by Crippen LogP contribution is 2.41. The summed E-state index contributed by atoms with van der Waals surface area (Å²) in [5.41, 5.74) is 4.49. The Hall–Kier alpha value is -1.02. The largest absolute Gasteiger partial charge is 0.373 e. The molecule has 0 spiro atoms. The standard InChI is InChI=1S/C23H37NO/c1-2-3-4-5-6-7-8-9-10-11-19-25-22-16-18-24-17-15-20-13-12-14-21(22)23(20)24/h12-14,22H,2-11,15-19H2,1H3. The Morgan fingerprint density at radius 1 is 0.920 bits per heavy atom. The quantitative estimate of drug-likeness (QED) is 0.405. The van der Waals surface area contributed by atoms with Crippen molar-refractivity contribution < 1.29 is 4.74 Å². The van der Waals surface area contributed by atoms with Gasteiger partial charge in [-0.2, -0.15) is 0 Å². The van der Waals surface area contributed by atoms with E-state index in [4.69, 9.17) is 4.74 Å². The fourth-order valence-electron chi connectivity index (χ4n) is 4.47. The van der Waals surface area contributed by atoms with E-state index >= 15 is 0 Å². The number of unbranched alkanes of at least 4 members (excludes halogenated alkanes) is 9. The van der Waals surface area contributed by atoms with E-state index < -0.39 is 0 Å².